The van der Waals surface area contributed by atoms with E-state index in [9.17, 15) is 9.59 Å². The monoisotopic (exact) mass is 357 g/mol. The third-order valence-corrected chi connectivity index (χ3v) is 4.69. The summed E-state index contributed by atoms with van der Waals surface area (Å²) in [5.41, 5.74) is 2.84. The molecule has 0 N–H and O–H groups in total. The minimum absolute atomic E-state index is 0.0907. The van der Waals surface area contributed by atoms with Crippen molar-refractivity contribution in [1.29, 1.82) is 0 Å². The molecular formula is C22H19N3O2. The Balaban J connectivity index is 2.10. The second kappa shape index (κ2) is 6.68. The van der Waals surface area contributed by atoms with Gasteiger partial charge in [-0.05, 0) is 35.4 Å². The van der Waals surface area contributed by atoms with Gasteiger partial charge < -0.3 is 4.57 Å². The Morgan fingerprint density at radius 2 is 1.70 bits per heavy atom. The highest BCUT2D eigenvalue weighted by Gasteiger charge is 2.15. The summed E-state index contributed by atoms with van der Waals surface area (Å²) in [7, 11) is 1.70. The molecule has 0 aliphatic carbocycles. The summed E-state index contributed by atoms with van der Waals surface area (Å²) in [6, 6.07) is 18.4. The first-order valence-corrected chi connectivity index (χ1v) is 8.87. The molecular weight excluding hydrogens is 338 g/mol. The molecule has 2 aromatic carbocycles. The van der Waals surface area contributed by atoms with Crippen molar-refractivity contribution < 1.29 is 0 Å². The maximum absolute atomic E-state index is 13.5. The van der Waals surface area contributed by atoms with E-state index in [0.29, 0.717) is 17.3 Å². The average Bonchev–Trinajstić information content (AvgIpc) is 2.70. The number of hydrogen-bond donors (Lipinski definition) is 0. The quantitative estimate of drug-likeness (QED) is 0.565. The zero-order valence-corrected chi connectivity index (χ0v) is 15.2. The van der Waals surface area contributed by atoms with Crippen LogP contribution in [0.2, 0.25) is 0 Å². The van der Waals surface area contributed by atoms with Gasteiger partial charge in [0.05, 0.1) is 16.6 Å². The number of pyridine rings is 1. The van der Waals surface area contributed by atoms with Gasteiger partial charge in [0.2, 0.25) is 5.56 Å². The highest BCUT2D eigenvalue weighted by atomic mass is 16.1. The molecule has 0 unspecified atom stereocenters. The Hall–Kier alpha value is -3.47. The second-order valence-electron chi connectivity index (χ2n) is 6.42. The van der Waals surface area contributed by atoms with Gasteiger partial charge in [-0.1, -0.05) is 37.3 Å². The van der Waals surface area contributed by atoms with Crippen molar-refractivity contribution in [3.05, 3.63) is 93.4 Å². The Morgan fingerprint density at radius 3 is 2.41 bits per heavy atom. The van der Waals surface area contributed by atoms with Crippen LogP contribution in [0, 0.1) is 0 Å². The molecule has 0 saturated heterocycles. The van der Waals surface area contributed by atoms with Crippen molar-refractivity contribution >= 4 is 10.9 Å². The summed E-state index contributed by atoms with van der Waals surface area (Å²) in [5, 5.41) is 0.553. The zero-order valence-electron chi connectivity index (χ0n) is 15.2. The molecule has 2 aromatic heterocycles. The van der Waals surface area contributed by atoms with Crippen molar-refractivity contribution in [3.8, 4) is 16.8 Å². The van der Waals surface area contributed by atoms with Crippen LogP contribution in [0.4, 0.5) is 0 Å². The van der Waals surface area contributed by atoms with Crippen LogP contribution in [0.5, 0.6) is 0 Å². The van der Waals surface area contributed by atoms with Crippen LogP contribution in [0.15, 0.2) is 76.4 Å². The van der Waals surface area contributed by atoms with Gasteiger partial charge in [-0.3, -0.25) is 14.2 Å². The summed E-state index contributed by atoms with van der Waals surface area (Å²) in [5.74, 6) is 0.719. The van der Waals surface area contributed by atoms with E-state index in [1.54, 1.807) is 23.9 Å². The number of para-hydroxylation sites is 1. The fraction of sp³-hybridized carbons (Fsp3) is 0.136. The number of hydrogen-bond acceptors (Lipinski definition) is 3. The molecule has 0 radical (unpaired) electrons. The van der Waals surface area contributed by atoms with E-state index in [4.69, 9.17) is 4.98 Å². The molecule has 5 nitrogen and oxygen atoms in total. The molecule has 27 heavy (non-hydrogen) atoms. The minimum atomic E-state index is -0.104. The topological polar surface area (TPSA) is 56.9 Å². The summed E-state index contributed by atoms with van der Waals surface area (Å²) in [4.78, 5) is 30.0. The number of fused-ring (bicyclic) bond motifs is 1. The van der Waals surface area contributed by atoms with Crippen LogP contribution in [0.1, 0.15) is 12.7 Å². The van der Waals surface area contributed by atoms with Crippen molar-refractivity contribution in [2.75, 3.05) is 0 Å². The van der Waals surface area contributed by atoms with E-state index in [1.165, 1.54) is 10.6 Å². The lowest BCUT2D eigenvalue weighted by Gasteiger charge is -2.14. The van der Waals surface area contributed by atoms with Gasteiger partial charge in [0, 0.05) is 25.7 Å². The lowest BCUT2D eigenvalue weighted by Crippen LogP contribution is -2.24. The molecule has 0 spiro atoms. The number of nitrogens with zero attached hydrogens (tertiary/aromatic N) is 3. The lowest BCUT2D eigenvalue weighted by atomic mass is 10.0. The largest absolute Gasteiger partial charge is 0.318 e. The van der Waals surface area contributed by atoms with Crippen LogP contribution in [0.3, 0.4) is 0 Å². The van der Waals surface area contributed by atoms with E-state index in [2.05, 4.69) is 0 Å². The number of rotatable bonds is 3. The SMILES string of the molecule is CCc1nc2cccc(-c3ccc(=O)n(C)c3)c2c(=O)n1-c1ccccc1. The molecule has 2 heterocycles. The Morgan fingerprint density at radius 1 is 0.926 bits per heavy atom. The predicted octanol–water partition coefficient (Wildman–Crippen LogP) is 3.31. The molecule has 0 bridgehead atoms. The number of benzene rings is 2. The van der Waals surface area contributed by atoms with Gasteiger partial charge in [0.1, 0.15) is 5.82 Å². The fourth-order valence-electron chi connectivity index (χ4n) is 3.35. The predicted molar refractivity (Wildman–Crippen MR) is 107 cm³/mol. The Kier molecular flexibility index (Phi) is 4.20. The first-order chi connectivity index (χ1) is 13.1. The first kappa shape index (κ1) is 17.0. The third kappa shape index (κ3) is 2.87. The number of aromatic nitrogens is 3. The molecule has 0 atom stereocenters. The van der Waals surface area contributed by atoms with E-state index >= 15 is 0 Å². The van der Waals surface area contributed by atoms with Crippen LogP contribution in [0.25, 0.3) is 27.7 Å². The highest BCUT2D eigenvalue weighted by molar-refractivity contribution is 5.94. The average molecular weight is 357 g/mol. The maximum atomic E-state index is 13.5. The molecule has 0 amide bonds. The zero-order chi connectivity index (χ0) is 19.0. The minimum Gasteiger partial charge on any atom is -0.318 e. The van der Waals surface area contributed by atoms with Gasteiger partial charge in [-0.2, -0.15) is 0 Å². The molecule has 0 saturated carbocycles. The number of aryl methyl sites for hydroxylation is 2. The molecule has 0 aliphatic rings. The van der Waals surface area contributed by atoms with Crippen LogP contribution < -0.4 is 11.1 Å². The van der Waals surface area contributed by atoms with Gasteiger partial charge in [-0.15, -0.1) is 0 Å². The van der Waals surface area contributed by atoms with Crippen molar-refractivity contribution in [2.45, 2.75) is 13.3 Å². The van der Waals surface area contributed by atoms with E-state index in [1.807, 2.05) is 55.5 Å². The highest BCUT2D eigenvalue weighted by Crippen LogP contribution is 2.25. The molecule has 4 aromatic rings. The molecule has 0 aliphatic heterocycles. The normalized spacial score (nSPS) is 11.0. The van der Waals surface area contributed by atoms with Crippen molar-refractivity contribution in [2.24, 2.45) is 7.05 Å². The van der Waals surface area contributed by atoms with Gasteiger partial charge in [0.15, 0.2) is 0 Å². The van der Waals surface area contributed by atoms with Crippen molar-refractivity contribution in [1.82, 2.24) is 14.1 Å². The Bertz CT molecular complexity index is 1250. The molecule has 134 valence electrons. The van der Waals surface area contributed by atoms with Crippen molar-refractivity contribution in [3.63, 3.8) is 0 Å². The molecule has 0 fully saturated rings. The van der Waals surface area contributed by atoms with Gasteiger partial charge >= 0.3 is 0 Å². The summed E-state index contributed by atoms with van der Waals surface area (Å²) in [6.07, 6.45) is 2.39. The summed E-state index contributed by atoms with van der Waals surface area (Å²) < 4.78 is 3.19. The van der Waals surface area contributed by atoms with Gasteiger partial charge in [0.25, 0.3) is 5.56 Å². The lowest BCUT2D eigenvalue weighted by molar-refractivity contribution is 0.833. The second-order valence-corrected chi connectivity index (χ2v) is 6.42. The summed E-state index contributed by atoms with van der Waals surface area (Å²) in [6.45, 7) is 1.99. The maximum Gasteiger partial charge on any atom is 0.266 e. The third-order valence-electron chi connectivity index (χ3n) is 4.69. The fourth-order valence-corrected chi connectivity index (χ4v) is 3.35. The van der Waals surface area contributed by atoms with Crippen LogP contribution >= 0.6 is 0 Å². The van der Waals surface area contributed by atoms with E-state index < -0.39 is 0 Å². The summed E-state index contributed by atoms with van der Waals surface area (Å²) >= 11 is 0. The van der Waals surface area contributed by atoms with Crippen LogP contribution in [-0.4, -0.2) is 14.1 Å². The molecule has 5 heteroatoms. The van der Waals surface area contributed by atoms with E-state index in [-0.39, 0.29) is 11.1 Å². The molecule has 4 rings (SSSR count). The van der Waals surface area contributed by atoms with E-state index in [0.717, 1.165) is 22.6 Å². The Labute approximate surface area is 156 Å². The van der Waals surface area contributed by atoms with Crippen LogP contribution in [-0.2, 0) is 13.5 Å². The van der Waals surface area contributed by atoms with Gasteiger partial charge in [-0.25, -0.2) is 4.98 Å². The standard InChI is InChI=1S/C22H19N3O2/c1-3-19-23-18-11-7-10-17(15-12-13-20(26)24(2)14-15)21(18)22(27)25(19)16-8-5-4-6-9-16/h4-14H,3H2,1-2H3. The smallest absolute Gasteiger partial charge is 0.266 e. The first-order valence-electron chi connectivity index (χ1n) is 8.87.